The van der Waals surface area contributed by atoms with Crippen LogP contribution in [0.3, 0.4) is 0 Å². The van der Waals surface area contributed by atoms with Crippen molar-refractivity contribution in [3.63, 3.8) is 0 Å². The largest absolute Gasteiger partial charge is 0.421 e. The molecule has 1 saturated heterocycles. The molecule has 1 saturated carbocycles. The predicted molar refractivity (Wildman–Crippen MR) is 101 cm³/mol. The lowest BCUT2D eigenvalue weighted by Gasteiger charge is -2.19. The highest BCUT2D eigenvalue weighted by atomic mass is 16.5. The standard InChI is InChI=1S/C22H21NO4/c1-14-10-12-15(13-11-14)22(26)27-19-9-5-4-8-18(19)23-20(24)16-6-2-3-7-17(16)21(23)25/h4-5,8-13,16-17H,2-3,6-7H2,1H3/t16-,17+. The van der Waals surface area contributed by atoms with Gasteiger partial charge in [0.2, 0.25) is 11.8 Å². The maximum Gasteiger partial charge on any atom is 0.343 e. The number of carbonyl (C=O) groups is 3. The maximum absolute atomic E-state index is 12.9. The van der Waals surface area contributed by atoms with Crippen LogP contribution in [0.2, 0.25) is 0 Å². The Hall–Kier alpha value is -2.95. The summed E-state index contributed by atoms with van der Waals surface area (Å²) in [4.78, 5) is 39.4. The number of carbonyl (C=O) groups excluding carboxylic acids is 3. The van der Waals surface area contributed by atoms with Crippen LogP contribution < -0.4 is 9.64 Å². The number of benzene rings is 2. The molecule has 2 atom stereocenters. The van der Waals surface area contributed by atoms with E-state index in [1.807, 2.05) is 19.1 Å². The van der Waals surface area contributed by atoms with E-state index < -0.39 is 5.97 Å². The van der Waals surface area contributed by atoms with Crippen LogP contribution in [-0.4, -0.2) is 17.8 Å². The topological polar surface area (TPSA) is 63.7 Å². The normalized spacial score (nSPS) is 21.9. The van der Waals surface area contributed by atoms with E-state index in [4.69, 9.17) is 4.74 Å². The van der Waals surface area contributed by atoms with Crippen molar-refractivity contribution in [2.24, 2.45) is 11.8 Å². The number of rotatable bonds is 3. The smallest absolute Gasteiger partial charge is 0.343 e. The number of amides is 2. The van der Waals surface area contributed by atoms with Gasteiger partial charge in [0.15, 0.2) is 5.75 Å². The van der Waals surface area contributed by atoms with E-state index in [0.717, 1.165) is 31.2 Å². The van der Waals surface area contributed by atoms with Crippen LogP contribution in [0.15, 0.2) is 48.5 Å². The molecule has 1 aliphatic heterocycles. The summed E-state index contributed by atoms with van der Waals surface area (Å²) in [5.74, 6) is -1.13. The summed E-state index contributed by atoms with van der Waals surface area (Å²) in [6, 6.07) is 13.8. The first-order valence-electron chi connectivity index (χ1n) is 9.32. The molecule has 138 valence electrons. The lowest BCUT2D eigenvalue weighted by Crippen LogP contribution is -2.31. The fraction of sp³-hybridized carbons (Fsp3) is 0.318. The number of ether oxygens (including phenoxy) is 1. The number of esters is 1. The Morgan fingerprint density at radius 2 is 1.52 bits per heavy atom. The van der Waals surface area contributed by atoms with Crippen molar-refractivity contribution in [1.82, 2.24) is 0 Å². The number of hydrogen-bond acceptors (Lipinski definition) is 4. The molecule has 0 bridgehead atoms. The Bertz CT molecular complexity index is 879. The molecule has 2 fully saturated rings. The summed E-state index contributed by atoms with van der Waals surface area (Å²) in [6.45, 7) is 1.94. The van der Waals surface area contributed by atoms with Gasteiger partial charge in [-0.05, 0) is 44.0 Å². The van der Waals surface area contributed by atoms with E-state index in [-0.39, 0.29) is 29.4 Å². The number of imide groups is 1. The fourth-order valence-electron chi connectivity index (χ4n) is 3.98. The highest BCUT2D eigenvalue weighted by molar-refractivity contribution is 6.22. The van der Waals surface area contributed by atoms with Gasteiger partial charge in [0.25, 0.3) is 0 Å². The monoisotopic (exact) mass is 363 g/mol. The zero-order valence-corrected chi connectivity index (χ0v) is 15.2. The summed E-state index contributed by atoms with van der Waals surface area (Å²) in [6.07, 6.45) is 3.43. The van der Waals surface area contributed by atoms with Crippen LogP contribution in [0.1, 0.15) is 41.6 Å². The molecule has 2 amide bonds. The van der Waals surface area contributed by atoms with Gasteiger partial charge in [-0.25, -0.2) is 9.69 Å². The molecule has 2 aliphatic rings. The number of nitrogens with zero attached hydrogens (tertiary/aromatic N) is 1. The third-order valence-corrected chi connectivity index (χ3v) is 5.44. The van der Waals surface area contributed by atoms with E-state index >= 15 is 0 Å². The third kappa shape index (κ3) is 3.14. The summed E-state index contributed by atoms with van der Waals surface area (Å²) < 4.78 is 5.55. The molecule has 1 aliphatic carbocycles. The Labute approximate surface area is 157 Å². The molecule has 27 heavy (non-hydrogen) atoms. The minimum atomic E-state index is -0.515. The van der Waals surface area contributed by atoms with E-state index in [0.29, 0.717) is 11.3 Å². The second-order valence-electron chi connectivity index (χ2n) is 7.23. The van der Waals surface area contributed by atoms with Gasteiger partial charge >= 0.3 is 5.97 Å². The van der Waals surface area contributed by atoms with Gasteiger partial charge in [-0.15, -0.1) is 0 Å². The highest BCUT2D eigenvalue weighted by Crippen LogP contribution is 2.42. The minimum absolute atomic E-state index is 0.177. The summed E-state index contributed by atoms with van der Waals surface area (Å²) in [5.41, 5.74) is 1.81. The minimum Gasteiger partial charge on any atom is -0.421 e. The molecule has 0 radical (unpaired) electrons. The molecule has 5 heteroatoms. The predicted octanol–water partition coefficient (Wildman–Crippen LogP) is 3.89. The van der Waals surface area contributed by atoms with Gasteiger partial charge in [-0.1, -0.05) is 42.7 Å². The van der Waals surface area contributed by atoms with Crippen LogP contribution in [-0.2, 0) is 9.59 Å². The Morgan fingerprint density at radius 1 is 0.926 bits per heavy atom. The van der Waals surface area contributed by atoms with Crippen LogP contribution >= 0.6 is 0 Å². The zero-order chi connectivity index (χ0) is 19.0. The average Bonchev–Trinajstić information content (AvgIpc) is 2.94. The second-order valence-corrected chi connectivity index (χ2v) is 7.23. The van der Waals surface area contributed by atoms with Crippen LogP contribution in [0.4, 0.5) is 5.69 Å². The van der Waals surface area contributed by atoms with Crippen molar-refractivity contribution in [1.29, 1.82) is 0 Å². The molecule has 0 aromatic heterocycles. The Kier molecular flexibility index (Phi) is 4.52. The Morgan fingerprint density at radius 3 is 2.15 bits per heavy atom. The second kappa shape index (κ2) is 6.99. The number of para-hydroxylation sites is 2. The number of aryl methyl sites for hydroxylation is 1. The lowest BCUT2D eigenvalue weighted by molar-refractivity contribution is -0.122. The Balaban J connectivity index is 1.63. The van der Waals surface area contributed by atoms with Crippen LogP contribution in [0.5, 0.6) is 5.75 Å². The first-order chi connectivity index (χ1) is 13.1. The van der Waals surface area contributed by atoms with Crippen LogP contribution in [0, 0.1) is 18.8 Å². The molecule has 2 aromatic carbocycles. The molecule has 1 heterocycles. The van der Waals surface area contributed by atoms with Crippen molar-refractivity contribution in [3.05, 3.63) is 59.7 Å². The van der Waals surface area contributed by atoms with Crippen molar-refractivity contribution < 1.29 is 19.1 Å². The third-order valence-electron chi connectivity index (χ3n) is 5.44. The molecule has 0 spiro atoms. The number of hydrogen-bond donors (Lipinski definition) is 0. The first-order valence-corrected chi connectivity index (χ1v) is 9.32. The van der Waals surface area contributed by atoms with Gasteiger partial charge in [-0.2, -0.15) is 0 Å². The van der Waals surface area contributed by atoms with Crippen molar-refractivity contribution >= 4 is 23.5 Å². The SMILES string of the molecule is Cc1ccc(C(=O)Oc2ccccc2N2C(=O)[C@H]3CCCC[C@H]3C2=O)cc1. The zero-order valence-electron chi connectivity index (χ0n) is 15.2. The molecule has 5 nitrogen and oxygen atoms in total. The number of fused-ring (bicyclic) bond motifs is 1. The first kappa shape index (κ1) is 17.5. The lowest BCUT2D eigenvalue weighted by atomic mass is 9.81. The molecule has 4 rings (SSSR count). The molecule has 0 N–H and O–H groups in total. The van der Waals surface area contributed by atoms with E-state index in [9.17, 15) is 14.4 Å². The quantitative estimate of drug-likeness (QED) is 0.471. The van der Waals surface area contributed by atoms with E-state index in [1.165, 1.54) is 4.90 Å². The average molecular weight is 363 g/mol. The van der Waals surface area contributed by atoms with Crippen molar-refractivity contribution in [2.75, 3.05) is 4.90 Å². The van der Waals surface area contributed by atoms with Crippen LogP contribution in [0.25, 0.3) is 0 Å². The highest BCUT2D eigenvalue weighted by Gasteiger charge is 2.49. The van der Waals surface area contributed by atoms with Gasteiger partial charge in [0.05, 0.1) is 23.1 Å². The van der Waals surface area contributed by atoms with E-state index in [1.54, 1.807) is 36.4 Å². The van der Waals surface area contributed by atoms with Gasteiger partial charge in [-0.3, -0.25) is 9.59 Å². The summed E-state index contributed by atoms with van der Waals surface area (Å²) in [5, 5.41) is 0. The van der Waals surface area contributed by atoms with Gasteiger partial charge in [0, 0.05) is 0 Å². The molecule has 0 unspecified atom stereocenters. The maximum atomic E-state index is 12.9. The van der Waals surface area contributed by atoms with Gasteiger partial charge in [0.1, 0.15) is 0 Å². The van der Waals surface area contributed by atoms with Gasteiger partial charge < -0.3 is 4.74 Å². The number of anilines is 1. The molecular formula is C22H21NO4. The van der Waals surface area contributed by atoms with E-state index in [2.05, 4.69) is 0 Å². The molecular weight excluding hydrogens is 342 g/mol. The fourth-order valence-corrected chi connectivity index (χ4v) is 3.98. The summed E-state index contributed by atoms with van der Waals surface area (Å²) in [7, 11) is 0. The molecule has 2 aromatic rings. The summed E-state index contributed by atoms with van der Waals surface area (Å²) >= 11 is 0. The van der Waals surface area contributed by atoms with Crippen molar-refractivity contribution in [2.45, 2.75) is 32.6 Å². The van der Waals surface area contributed by atoms with Crippen molar-refractivity contribution in [3.8, 4) is 5.75 Å².